The molecule has 1 amide bonds. The number of nitrogens with one attached hydrogen (secondary N) is 2. The minimum Gasteiger partial charge on any atom is -0.374 e. The molecular formula is C23H26FN3O2S. The molecule has 0 saturated carbocycles. The van der Waals surface area contributed by atoms with Crippen LogP contribution in [0.25, 0.3) is 0 Å². The third-order valence-corrected chi connectivity index (χ3v) is 6.56. The topological polar surface area (TPSA) is 62.7 Å². The van der Waals surface area contributed by atoms with Crippen LogP contribution < -0.4 is 10.6 Å². The van der Waals surface area contributed by atoms with Gasteiger partial charge >= 0.3 is 0 Å². The van der Waals surface area contributed by atoms with Gasteiger partial charge < -0.3 is 15.4 Å². The quantitative estimate of drug-likeness (QED) is 0.764. The minimum atomic E-state index is -0.734. The maximum absolute atomic E-state index is 15.0. The van der Waals surface area contributed by atoms with Gasteiger partial charge in [0.15, 0.2) is 5.17 Å². The molecule has 2 aromatic rings. The van der Waals surface area contributed by atoms with E-state index in [2.05, 4.69) is 10.6 Å². The van der Waals surface area contributed by atoms with Crippen LogP contribution in [0.1, 0.15) is 35.3 Å². The van der Waals surface area contributed by atoms with Gasteiger partial charge in [-0.05, 0) is 43.7 Å². The number of carbonyl (C=O) groups is 1. The van der Waals surface area contributed by atoms with Crippen molar-refractivity contribution in [1.82, 2.24) is 10.6 Å². The molecule has 0 bridgehead atoms. The highest BCUT2D eigenvalue weighted by atomic mass is 32.2. The second-order valence-electron chi connectivity index (χ2n) is 7.97. The van der Waals surface area contributed by atoms with Gasteiger partial charge in [-0.15, -0.1) is 0 Å². The number of ether oxygens (including phenoxy) is 1. The molecule has 2 aromatic carbocycles. The molecule has 0 radical (unpaired) electrons. The van der Waals surface area contributed by atoms with Crippen molar-refractivity contribution < 1.29 is 13.9 Å². The molecule has 1 fully saturated rings. The fourth-order valence-corrected chi connectivity index (χ4v) is 5.07. The molecule has 2 aliphatic rings. The van der Waals surface area contributed by atoms with Gasteiger partial charge in [-0.1, -0.05) is 36.0 Å². The molecular weight excluding hydrogens is 401 g/mol. The van der Waals surface area contributed by atoms with Gasteiger partial charge in [-0.25, -0.2) is 9.38 Å². The molecule has 1 saturated heterocycles. The van der Waals surface area contributed by atoms with Crippen molar-refractivity contribution in [3.63, 3.8) is 0 Å². The van der Waals surface area contributed by atoms with Crippen molar-refractivity contribution in [3.8, 4) is 0 Å². The van der Waals surface area contributed by atoms with E-state index in [1.54, 1.807) is 18.2 Å². The van der Waals surface area contributed by atoms with Crippen LogP contribution in [-0.4, -0.2) is 36.0 Å². The zero-order chi connectivity index (χ0) is 21.1. The summed E-state index contributed by atoms with van der Waals surface area (Å²) in [7, 11) is 0. The minimum absolute atomic E-state index is 0.0986. The lowest BCUT2D eigenvalue weighted by atomic mass is 9.81. The van der Waals surface area contributed by atoms with E-state index in [1.165, 1.54) is 17.8 Å². The molecule has 2 atom stereocenters. The molecule has 158 valence electrons. The molecule has 4 rings (SSSR count). The Morgan fingerprint density at radius 2 is 2.13 bits per heavy atom. The monoisotopic (exact) mass is 427 g/mol. The van der Waals surface area contributed by atoms with E-state index in [4.69, 9.17) is 9.73 Å². The van der Waals surface area contributed by atoms with Crippen LogP contribution in [0.3, 0.4) is 0 Å². The highest BCUT2D eigenvalue weighted by molar-refractivity contribution is 8.13. The van der Waals surface area contributed by atoms with Crippen molar-refractivity contribution in [3.05, 3.63) is 71.0 Å². The maximum atomic E-state index is 15.0. The Kier molecular flexibility index (Phi) is 6.22. The van der Waals surface area contributed by atoms with E-state index in [1.807, 2.05) is 38.1 Å². The van der Waals surface area contributed by atoms with E-state index in [-0.39, 0.29) is 23.7 Å². The highest BCUT2D eigenvalue weighted by Gasteiger charge is 2.48. The van der Waals surface area contributed by atoms with Gasteiger partial charge in [-0.3, -0.25) is 4.79 Å². The lowest BCUT2D eigenvalue weighted by Crippen LogP contribution is -2.43. The molecule has 0 aromatic heterocycles. The Bertz CT molecular complexity index is 951. The number of amidine groups is 1. The number of thioether (sulfide) groups is 1. The summed E-state index contributed by atoms with van der Waals surface area (Å²) in [6.07, 6.45) is 0.0986. The Hall–Kier alpha value is -2.22. The first-order valence-electron chi connectivity index (χ1n) is 10.2. The number of aliphatic imine (C=N–C) groups is 1. The van der Waals surface area contributed by atoms with Crippen LogP contribution in [0.15, 0.2) is 53.5 Å². The second-order valence-corrected chi connectivity index (χ2v) is 8.98. The van der Waals surface area contributed by atoms with Crippen molar-refractivity contribution in [2.45, 2.75) is 32.1 Å². The average Bonchev–Trinajstić information content (AvgIpc) is 3.17. The van der Waals surface area contributed by atoms with E-state index in [0.717, 1.165) is 17.9 Å². The van der Waals surface area contributed by atoms with E-state index in [9.17, 15) is 4.79 Å². The Morgan fingerprint density at radius 1 is 1.33 bits per heavy atom. The van der Waals surface area contributed by atoms with E-state index in [0.29, 0.717) is 29.4 Å². The van der Waals surface area contributed by atoms with Gasteiger partial charge in [0.2, 0.25) is 0 Å². The summed E-state index contributed by atoms with van der Waals surface area (Å²) in [4.78, 5) is 17.5. The molecule has 0 spiro atoms. The summed E-state index contributed by atoms with van der Waals surface area (Å²) in [5.41, 5.74) is 1.32. The third-order valence-electron chi connectivity index (χ3n) is 5.52. The van der Waals surface area contributed by atoms with Crippen LogP contribution in [0, 0.1) is 11.7 Å². The Balaban J connectivity index is 1.65. The summed E-state index contributed by atoms with van der Waals surface area (Å²) in [6.45, 7) is 5.68. The standard InChI is InChI=1S/C23H26FN3O2S/c1-15(2)29-12-16-8-9-20(24)19(10-16)23-14-25-11-18(23)13-30-22(27-23)26-21(28)17-6-4-3-5-7-17/h3-10,15,18,25H,11-14H2,1-2H3,(H,26,27,28)/t18-,23-/m0/s1. The average molecular weight is 428 g/mol. The third kappa shape index (κ3) is 4.29. The maximum Gasteiger partial charge on any atom is 0.257 e. The summed E-state index contributed by atoms with van der Waals surface area (Å²) in [6, 6.07) is 14.2. The zero-order valence-corrected chi connectivity index (χ0v) is 18.0. The van der Waals surface area contributed by atoms with Crippen LogP contribution >= 0.6 is 11.8 Å². The molecule has 0 aliphatic carbocycles. The van der Waals surface area contributed by atoms with Crippen LogP contribution in [-0.2, 0) is 16.9 Å². The number of rotatable bonds is 5. The number of hydrogen-bond donors (Lipinski definition) is 2. The summed E-state index contributed by atoms with van der Waals surface area (Å²) in [5, 5.41) is 6.82. The van der Waals surface area contributed by atoms with Crippen LogP contribution in [0.5, 0.6) is 0 Å². The Morgan fingerprint density at radius 3 is 2.90 bits per heavy atom. The smallest absolute Gasteiger partial charge is 0.257 e. The van der Waals surface area contributed by atoms with E-state index < -0.39 is 5.54 Å². The summed E-state index contributed by atoms with van der Waals surface area (Å²) in [5.74, 6) is 0.422. The summed E-state index contributed by atoms with van der Waals surface area (Å²) >= 11 is 1.51. The first-order valence-corrected chi connectivity index (χ1v) is 11.2. The van der Waals surface area contributed by atoms with Crippen molar-refractivity contribution >= 4 is 22.8 Å². The number of halogens is 1. The molecule has 30 heavy (non-hydrogen) atoms. The van der Waals surface area contributed by atoms with Crippen LogP contribution in [0.4, 0.5) is 4.39 Å². The first kappa shape index (κ1) is 21.0. The molecule has 2 heterocycles. The number of carbonyl (C=O) groups excluding carboxylic acids is 1. The van der Waals surface area contributed by atoms with Crippen molar-refractivity contribution in [1.29, 1.82) is 0 Å². The molecule has 5 nitrogen and oxygen atoms in total. The van der Waals surface area contributed by atoms with Gasteiger partial charge in [-0.2, -0.15) is 0 Å². The fourth-order valence-electron chi connectivity index (χ4n) is 3.93. The normalized spacial score (nSPS) is 23.2. The number of fused-ring (bicyclic) bond motifs is 1. The van der Waals surface area contributed by atoms with Crippen molar-refractivity contribution in [2.75, 3.05) is 18.8 Å². The molecule has 0 unspecified atom stereocenters. The SMILES string of the molecule is CC(C)OCc1ccc(F)c([C@]23CNC[C@H]2CSC(NC(=O)c2ccccc2)=N3)c1. The van der Waals surface area contributed by atoms with E-state index >= 15 is 4.39 Å². The number of nitrogens with zero attached hydrogens (tertiary/aromatic N) is 1. The number of benzene rings is 2. The predicted molar refractivity (Wildman–Crippen MR) is 118 cm³/mol. The molecule has 2 N–H and O–H groups in total. The molecule has 2 aliphatic heterocycles. The zero-order valence-electron chi connectivity index (χ0n) is 17.2. The lowest BCUT2D eigenvalue weighted by Gasteiger charge is -2.36. The van der Waals surface area contributed by atoms with Gasteiger partial charge in [0.05, 0.1) is 12.7 Å². The van der Waals surface area contributed by atoms with Gasteiger partial charge in [0.25, 0.3) is 5.91 Å². The fraction of sp³-hybridized carbons (Fsp3) is 0.391. The first-order chi connectivity index (χ1) is 14.5. The van der Waals surface area contributed by atoms with Crippen LogP contribution in [0.2, 0.25) is 0 Å². The number of hydrogen-bond acceptors (Lipinski definition) is 5. The van der Waals surface area contributed by atoms with Crippen molar-refractivity contribution in [2.24, 2.45) is 10.9 Å². The molecule has 7 heteroatoms. The highest BCUT2D eigenvalue weighted by Crippen LogP contribution is 2.44. The largest absolute Gasteiger partial charge is 0.374 e. The predicted octanol–water partition coefficient (Wildman–Crippen LogP) is 3.70. The second kappa shape index (κ2) is 8.88. The van der Waals surface area contributed by atoms with Gasteiger partial charge in [0, 0.05) is 35.9 Å². The van der Waals surface area contributed by atoms with Gasteiger partial charge in [0.1, 0.15) is 11.4 Å². The number of amides is 1. The Labute approximate surface area is 180 Å². The lowest BCUT2D eigenvalue weighted by molar-refractivity contribution is 0.0655. The summed E-state index contributed by atoms with van der Waals surface area (Å²) < 4.78 is 20.7.